The lowest BCUT2D eigenvalue weighted by atomic mass is 9.68. The second-order valence-corrected chi connectivity index (χ2v) is 5.20. The van der Waals surface area contributed by atoms with Gasteiger partial charge in [0.05, 0.1) is 0 Å². The van der Waals surface area contributed by atoms with E-state index in [1.165, 1.54) is 6.42 Å². The van der Waals surface area contributed by atoms with Crippen LogP contribution in [0.1, 0.15) is 67.2 Å². The smallest absolute Gasteiger partial charge is 0.255 e. The minimum absolute atomic E-state index is 0.161. The van der Waals surface area contributed by atoms with Crippen LogP contribution in [0.4, 0.5) is 4.39 Å². The van der Waals surface area contributed by atoms with Gasteiger partial charge in [-0.15, -0.1) is 0 Å². The Kier molecular flexibility index (Phi) is 8.96. The fourth-order valence-electron chi connectivity index (χ4n) is 1.81. The molecular weight excluding hydrogens is 229 g/mol. The van der Waals surface area contributed by atoms with E-state index >= 15 is 0 Å². The van der Waals surface area contributed by atoms with Gasteiger partial charge in [0.25, 0.3) is 5.91 Å². The van der Waals surface area contributed by atoms with Gasteiger partial charge >= 0.3 is 0 Å². The minimum atomic E-state index is -1.83. The van der Waals surface area contributed by atoms with Crippen molar-refractivity contribution in [1.29, 1.82) is 0 Å². The molecule has 0 heterocycles. The molecule has 1 aliphatic carbocycles. The highest BCUT2D eigenvalue weighted by Gasteiger charge is 2.46. The molecule has 0 aromatic carbocycles. The summed E-state index contributed by atoms with van der Waals surface area (Å²) in [5.41, 5.74) is 3.88. The van der Waals surface area contributed by atoms with Crippen LogP contribution in [0.2, 0.25) is 0 Å². The quantitative estimate of drug-likeness (QED) is 0.697. The number of carbonyl (C=O) groups excluding carboxylic acids is 1. The zero-order valence-electron chi connectivity index (χ0n) is 12.9. The Morgan fingerprint density at radius 2 is 1.78 bits per heavy atom. The van der Waals surface area contributed by atoms with E-state index in [1.807, 2.05) is 27.7 Å². The fraction of sp³-hybridized carbons (Fsp3) is 0.800. The van der Waals surface area contributed by atoms with Crippen molar-refractivity contribution in [1.82, 2.24) is 0 Å². The molecule has 0 radical (unpaired) electrons. The number of rotatable bonds is 1. The van der Waals surface area contributed by atoms with Crippen LogP contribution in [-0.2, 0) is 4.79 Å². The lowest BCUT2D eigenvalue weighted by molar-refractivity contribution is -0.132. The van der Waals surface area contributed by atoms with Crippen LogP contribution >= 0.6 is 0 Å². The molecule has 1 aliphatic rings. The molecule has 3 heteroatoms. The van der Waals surface area contributed by atoms with Gasteiger partial charge in [-0.25, -0.2) is 4.39 Å². The number of nitrogens with two attached hydrogens (primary N) is 1. The molecule has 0 aliphatic heterocycles. The van der Waals surface area contributed by atoms with Crippen LogP contribution < -0.4 is 5.73 Å². The topological polar surface area (TPSA) is 43.1 Å². The first kappa shape index (κ1) is 19.5. The van der Waals surface area contributed by atoms with Gasteiger partial charge in [-0.1, -0.05) is 60.1 Å². The molecule has 1 amide bonds. The third-order valence-electron chi connectivity index (χ3n) is 2.94. The van der Waals surface area contributed by atoms with E-state index in [9.17, 15) is 9.18 Å². The molecular formula is C15H30FNO. The predicted octanol–water partition coefficient (Wildman–Crippen LogP) is 4.39. The SMILES string of the molecule is C=C1CC[C@@](F)(C(N)=O)CC1(C)C.CC.CCC. The Morgan fingerprint density at radius 3 is 2.06 bits per heavy atom. The number of primary amides is 1. The lowest BCUT2D eigenvalue weighted by Gasteiger charge is -2.39. The number of alkyl halides is 1. The maximum atomic E-state index is 13.8. The average Bonchev–Trinajstić information content (AvgIpc) is 2.27. The molecule has 0 aromatic heterocycles. The van der Waals surface area contributed by atoms with Crippen LogP contribution in [0, 0.1) is 5.41 Å². The normalized spacial score (nSPS) is 25.2. The summed E-state index contributed by atoms with van der Waals surface area (Å²) in [6.07, 6.45) is 2.14. The van der Waals surface area contributed by atoms with Gasteiger partial charge in [-0.3, -0.25) is 4.79 Å². The number of carbonyl (C=O) groups is 1. The molecule has 1 rings (SSSR count). The number of allylic oxidation sites excluding steroid dienone is 1. The summed E-state index contributed by atoms with van der Waals surface area (Å²) in [7, 11) is 0. The summed E-state index contributed by atoms with van der Waals surface area (Å²) in [5.74, 6) is -0.840. The Hall–Kier alpha value is -0.860. The van der Waals surface area contributed by atoms with Crippen LogP contribution in [0.3, 0.4) is 0 Å². The first-order valence-corrected chi connectivity index (χ1v) is 6.86. The number of amides is 1. The Morgan fingerprint density at radius 1 is 1.39 bits per heavy atom. The van der Waals surface area contributed by atoms with E-state index in [0.717, 1.165) is 5.57 Å². The third-order valence-corrected chi connectivity index (χ3v) is 2.94. The van der Waals surface area contributed by atoms with Crippen molar-refractivity contribution in [3.8, 4) is 0 Å². The first-order chi connectivity index (χ1) is 8.19. The Labute approximate surface area is 112 Å². The highest BCUT2D eigenvalue weighted by atomic mass is 19.1. The molecule has 0 bridgehead atoms. The summed E-state index contributed by atoms with van der Waals surface area (Å²) in [5, 5.41) is 0. The second kappa shape index (κ2) is 8.28. The fourth-order valence-corrected chi connectivity index (χ4v) is 1.81. The second-order valence-electron chi connectivity index (χ2n) is 5.20. The van der Waals surface area contributed by atoms with Crippen LogP contribution in [0.5, 0.6) is 0 Å². The van der Waals surface area contributed by atoms with Crippen LogP contribution in [-0.4, -0.2) is 11.6 Å². The molecule has 1 atom stereocenters. The summed E-state index contributed by atoms with van der Waals surface area (Å²) >= 11 is 0. The van der Waals surface area contributed by atoms with Gasteiger partial charge in [0, 0.05) is 0 Å². The molecule has 1 saturated carbocycles. The van der Waals surface area contributed by atoms with Crippen molar-refractivity contribution in [2.75, 3.05) is 0 Å². The first-order valence-electron chi connectivity index (χ1n) is 6.86. The van der Waals surface area contributed by atoms with Crippen molar-refractivity contribution in [2.45, 2.75) is 72.9 Å². The Balaban J connectivity index is 0. The van der Waals surface area contributed by atoms with Gasteiger partial charge in [0.2, 0.25) is 0 Å². The van der Waals surface area contributed by atoms with Gasteiger partial charge < -0.3 is 5.73 Å². The molecule has 108 valence electrons. The van der Waals surface area contributed by atoms with Gasteiger partial charge in [-0.05, 0) is 24.7 Å². The molecule has 0 saturated heterocycles. The Bertz CT molecular complexity index is 274. The van der Waals surface area contributed by atoms with Gasteiger partial charge in [0.1, 0.15) is 0 Å². The molecule has 0 aromatic rings. The zero-order chi connectivity index (χ0) is 15.0. The minimum Gasteiger partial charge on any atom is -0.367 e. The highest BCUT2D eigenvalue weighted by Crippen LogP contribution is 2.45. The van der Waals surface area contributed by atoms with E-state index in [4.69, 9.17) is 5.73 Å². The number of hydrogen-bond acceptors (Lipinski definition) is 1. The standard InChI is InChI=1S/C10H16FNO.C3H8.C2H6/c1-7-4-5-10(11,8(12)13)6-9(7,2)3;1-3-2;1-2/h1,4-6H2,2-3H3,(H2,12,13);3H2,1-2H3;1-2H3/t10-;;/m0../s1. The van der Waals surface area contributed by atoms with Gasteiger partial charge in [-0.2, -0.15) is 0 Å². The number of hydrogen-bond donors (Lipinski definition) is 1. The maximum Gasteiger partial charge on any atom is 0.255 e. The van der Waals surface area contributed by atoms with E-state index in [2.05, 4.69) is 20.4 Å². The predicted molar refractivity (Wildman–Crippen MR) is 77.1 cm³/mol. The molecule has 18 heavy (non-hydrogen) atoms. The zero-order valence-corrected chi connectivity index (χ0v) is 12.9. The van der Waals surface area contributed by atoms with E-state index < -0.39 is 11.6 Å². The molecule has 2 N–H and O–H groups in total. The molecule has 0 spiro atoms. The van der Waals surface area contributed by atoms with Crippen molar-refractivity contribution < 1.29 is 9.18 Å². The number of halogens is 1. The van der Waals surface area contributed by atoms with Crippen molar-refractivity contribution in [3.05, 3.63) is 12.2 Å². The summed E-state index contributed by atoms with van der Waals surface area (Å²) in [4.78, 5) is 10.9. The lowest BCUT2D eigenvalue weighted by Crippen LogP contribution is -2.46. The van der Waals surface area contributed by atoms with E-state index in [1.54, 1.807) is 0 Å². The van der Waals surface area contributed by atoms with Crippen molar-refractivity contribution in [2.24, 2.45) is 11.1 Å². The monoisotopic (exact) mass is 259 g/mol. The van der Waals surface area contributed by atoms with E-state index in [-0.39, 0.29) is 18.3 Å². The van der Waals surface area contributed by atoms with E-state index in [0.29, 0.717) is 6.42 Å². The highest BCUT2D eigenvalue weighted by molar-refractivity contribution is 5.83. The molecule has 2 nitrogen and oxygen atoms in total. The van der Waals surface area contributed by atoms with Crippen LogP contribution in [0.15, 0.2) is 12.2 Å². The van der Waals surface area contributed by atoms with Crippen molar-refractivity contribution in [3.63, 3.8) is 0 Å². The van der Waals surface area contributed by atoms with Gasteiger partial charge in [0.15, 0.2) is 5.67 Å². The van der Waals surface area contributed by atoms with Crippen LogP contribution in [0.25, 0.3) is 0 Å². The van der Waals surface area contributed by atoms with Crippen molar-refractivity contribution >= 4 is 5.91 Å². The molecule has 0 unspecified atom stereocenters. The summed E-state index contributed by atoms with van der Waals surface area (Å²) < 4.78 is 13.8. The maximum absolute atomic E-state index is 13.8. The molecule has 1 fully saturated rings. The average molecular weight is 259 g/mol. The largest absolute Gasteiger partial charge is 0.367 e. The summed E-state index contributed by atoms with van der Waals surface area (Å²) in [6, 6.07) is 0. The summed E-state index contributed by atoms with van der Waals surface area (Å²) in [6.45, 7) is 15.9. The third kappa shape index (κ3) is 5.65.